The minimum absolute atomic E-state index is 0.284. The second kappa shape index (κ2) is 8.35. The molecule has 27 heavy (non-hydrogen) atoms. The summed E-state index contributed by atoms with van der Waals surface area (Å²) < 4.78 is 26.0. The monoisotopic (exact) mass is 369 g/mol. The van der Waals surface area contributed by atoms with Gasteiger partial charge in [0.25, 0.3) is 5.91 Å². The van der Waals surface area contributed by atoms with Gasteiger partial charge in [0, 0.05) is 0 Å². The predicted octanol–water partition coefficient (Wildman–Crippen LogP) is 3.14. The Kier molecular flexibility index (Phi) is 5.71. The number of nitrogens with one attached hydrogen (secondary N) is 1. The molecule has 0 bridgehead atoms. The van der Waals surface area contributed by atoms with Crippen LogP contribution in [0.15, 0.2) is 54.7 Å². The fourth-order valence-electron chi connectivity index (χ4n) is 2.60. The highest BCUT2D eigenvalue weighted by Crippen LogP contribution is 2.18. The third-order valence-electron chi connectivity index (χ3n) is 4.05. The van der Waals surface area contributed by atoms with Crippen molar-refractivity contribution in [3.63, 3.8) is 0 Å². The Morgan fingerprint density at radius 1 is 1.15 bits per heavy atom. The van der Waals surface area contributed by atoms with E-state index in [-0.39, 0.29) is 5.91 Å². The first-order valence-corrected chi connectivity index (χ1v) is 8.44. The summed E-state index contributed by atoms with van der Waals surface area (Å²) in [5.74, 6) is 0.753. The van der Waals surface area contributed by atoms with Gasteiger partial charge in [0.2, 0.25) is 0 Å². The van der Waals surface area contributed by atoms with E-state index in [1.165, 1.54) is 16.9 Å². The first-order valence-electron chi connectivity index (χ1n) is 8.44. The lowest BCUT2D eigenvalue weighted by molar-refractivity contribution is 0.0946. The van der Waals surface area contributed by atoms with Crippen molar-refractivity contribution in [2.75, 3.05) is 20.3 Å². The summed E-state index contributed by atoms with van der Waals surface area (Å²) in [6.45, 7) is 2.37. The average Bonchev–Trinajstić information content (AvgIpc) is 3.07. The number of hydrogen-bond donors (Lipinski definition) is 1. The van der Waals surface area contributed by atoms with Gasteiger partial charge in [-0.3, -0.25) is 4.79 Å². The molecule has 0 aliphatic heterocycles. The molecule has 1 N–H and O–H groups in total. The topological polar surface area (TPSA) is 65.4 Å². The van der Waals surface area contributed by atoms with Crippen LogP contribution in [0, 0.1) is 12.7 Å². The van der Waals surface area contributed by atoms with Gasteiger partial charge in [0.15, 0.2) is 0 Å². The van der Waals surface area contributed by atoms with Crippen LogP contribution in [0.25, 0.3) is 5.69 Å². The highest BCUT2D eigenvalue weighted by molar-refractivity contribution is 5.95. The maximum absolute atomic E-state index is 13.9. The van der Waals surface area contributed by atoms with Crippen LogP contribution < -0.4 is 14.8 Å². The number of nitrogens with zero attached hydrogens (tertiary/aromatic N) is 2. The van der Waals surface area contributed by atoms with E-state index in [0.717, 1.165) is 5.75 Å². The molecule has 1 aromatic heterocycles. The Bertz CT molecular complexity index is 922. The van der Waals surface area contributed by atoms with Gasteiger partial charge >= 0.3 is 0 Å². The summed E-state index contributed by atoms with van der Waals surface area (Å²) in [4.78, 5) is 12.4. The number of ether oxygens (including phenoxy) is 2. The highest BCUT2D eigenvalue weighted by Gasteiger charge is 2.16. The Balaban J connectivity index is 1.56. The number of aromatic nitrogens is 2. The second-order valence-electron chi connectivity index (χ2n) is 5.79. The van der Waals surface area contributed by atoms with Crippen molar-refractivity contribution in [1.29, 1.82) is 0 Å². The molecule has 0 saturated heterocycles. The van der Waals surface area contributed by atoms with Crippen LogP contribution in [0.1, 0.15) is 16.1 Å². The molecule has 0 unspecified atom stereocenters. The average molecular weight is 369 g/mol. The lowest BCUT2D eigenvalue weighted by Gasteiger charge is -2.09. The van der Waals surface area contributed by atoms with E-state index in [2.05, 4.69) is 10.4 Å². The number of halogens is 1. The van der Waals surface area contributed by atoms with Gasteiger partial charge in [-0.1, -0.05) is 12.1 Å². The fourth-order valence-corrected chi connectivity index (χ4v) is 2.60. The summed E-state index contributed by atoms with van der Waals surface area (Å²) >= 11 is 0. The van der Waals surface area contributed by atoms with Crippen molar-refractivity contribution in [3.8, 4) is 17.2 Å². The van der Waals surface area contributed by atoms with Crippen molar-refractivity contribution < 1.29 is 18.7 Å². The van der Waals surface area contributed by atoms with Crippen molar-refractivity contribution in [1.82, 2.24) is 15.1 Å². The largest absolute Gasteiger partial charge is 0.497 e. The molecule has 1 heterocycles. The van der Waals surface area contributed by atoms with Crippen LogP contribution in [0.4, 0.5) is 4.39 Å². The Morgan fingerprint density at radius 2 is 1.85 bits per heavy atom. The number of benzene rings is 2. The van der Waals surface area contributed by atoms with Crippen LogP contribution >= 0.6 is 0 Å². The van der Waals surface area contributed by atoms with Gasteiger partial charge in [-0.25, -0.2) is 9.07 Å². The van der Waals surface area contributed by atoms with E-state index >= 15 is 0 Å². The minimum Gasteiger partial charge on any atom is -0.497 e. The molecule has 3 aromatic rings. The molecule has 2 aromatic carbocycles. The number of amides is 1. The number of carbonyl (C=O) groups excluding carboxylic acids is 1. The molecular weight excluding hydrogens is 349 g/mol. The molecule has 0 fully saturated rings. The van der Waals surface area contributed by atoms with E-state index < -0.39 is 5.82 Å². The lowest BCUT2D eigenvalue weighted by atomic mass is 10.2. The van der Waals surface area contributed by atoms with Crippen LogP contribution in [-0.4, -0.2) is 35.9 Å². The molecule has 0 atom stereocenters. The van der Waals surface area contributed by atoms with Gasteiger partial charge in [-0.05, 0) is 43.3 Å². The zero-order chi connectivity index (χ0) is 19.2. The molecule has 0 spiro atoms. The minimum atomic E-state index is -0.399. The molecule has 1 amide bonds. The summed E-state index contributed by atoms with van der Waals surface area (Å²) in [5, 5.41) is 6.91. The first kappa shape index (κ1) is 18.4. The molecule has 7 heteroatoms. The smallest absolute Gasteiger partial charge is 0.254 e. The lowest BCUT2D eigenvalue weighted by Crippen LogP contribution is -2.28. The summed E-state index contributed by atoms with van der Waals surface area (Å²) in [7, 11) is 1.60. The van der Waals surface area contributed by atoms with E-state index in [0.29, 0.717) is 35.8 Å². The molecule has 0 aliphatic rings. The zero-order valence-corrected chi connectivity index (χ0v) is 15.1. The fraction of sp³-hybridized carbons (Fsp3) is 0.200. The first-order chi connectivity index (χ1) is 13.1. The number of para-hydroxylation sites is 1. The third kappa shape index (κ3) is 4.25. The third-order valence-corrected chi connectivity index (χ3v) is 4.05. The van der Waals surface area contributed by atoms with Crippen LogP contribution in [-0.2, 0) is 0 Å². The van der Waals surface area contributed by atoms with Crippen molar-refractivity contribution in [3.05, 3.63) is 71.8 Å². The Hall–Kier alpha value is -3.35. The molecule has 0 aliphatic carbocycles. The summed E-state index contributed by atoms with van der Waals surface area (Å²) in [5.41, 5.74) is 1.26. The Labute approximate surface area is 156 Å². The predicted molar refractivity (Wildman–Crippen MR) is 99.1 cm³/mol. The molecular formula is C20H20FN3O3. The molecule has 6 nitrogen and oxygen atoms in total. The number of methoxy groups -OCH3 is 1. The highest BCUT2D eigenvalue weighted by atomic mass is 19.1. The van der Waals surface area contributed by atoms with Gasteiger partial charge < -0.3 is 14.8 Å². The van der Waals surface area contributed by atoms with E-state index in [4.69, 9.17) is 9.47 Å². The number of hydrogen-bond acceptors (Lipinski definition) is 4. The molecule has 0 saturated carbocycles. The summed E-state index contributed by atoms with van der Waals surface area (Å²) in [6, 6.07) is 13.5. The van der Waals surface area contributed by atoms with Gasteiger partial charge in [0.05, 0.1) is 31.1 Å². The van der Waals surface area contributed by atoms with Crippen LogP contribution in [0.5, 0.6) is 11.5 Å². The Morgan fingerprint density at radius 3 is 2.56 bits per heavy atom. The molecule has 0 radical (unpaired) electrons. The van der Waals surface area contributed by atoms with Crippen molar-refractivity contribution >= 4 is 5.91 Å². The number of rotatable bonds is 7. The maximum atomic E-state index is 13.9. The number of carbonyl (C=O) groups is 1. The van der Waals surface area contributed by atoms with Gasteiger partial charge in [-0.2, -0.15) is 5.10 Å². The van der Waals surface area contributed by atoms with Crippen molar-refractivity contribution in [2.45, 2.75) is 6.92 Å². The quantitative estimate of drug-likeness (QED) is 0.650. The van der Waals surface area contributed by atoms with E-state index in [9.17, 15) is 9.18 Å². The molecule has 140 valence electrons. The maximum Gasteiger partial charge on any atom is 0.254 e. The normalized spacial score (nSPS) is 10.5. The van der Waals surface area contributed by atoms with Crippen LogP contribution in [0.3, 0.4) is 0 Å². The van der Waals surface area contributed by atoms with Crippen molar-refractivity contribution in [2.24, 2.45) is 0 Å². The SMILES string of the molecule is COc1ccc(OCCNC(=O)c2cnn(-c3ccccc3F)c2C)cc1. The standard InChI is InChI=1S/C20H20FN3O3/c1-14-17(13-23-24(14)19-6-4-3-5-18(19)21)20(25)22-11-12-27-16-9-7-15(26-2)8-10-16/h3-10,13H,11-12H2,1-2H3,(H,22,25). The van der Waals surface area contributed by atoms with Crippen LogP contribution in [0.2, 0.25) is 0 Å². The van der Waals surface area contributed by atoms with Gasteiger partial charge in [-0.15, -0.1) is 0 Å². The van der Waals surface area contributed by atoms with E-state index in [1.54, 1.807) is 56.5 Å². The summed E-state index contributed by atoms with van der Waals surface area (Å²) in [6.07, 6.45) is 1.43. The van der Waals surface area contributed by atoms with Gasteiger partial charge in [0.1, 0.15) is 29.6 Å². The molecule has 3 rings (SSSR count). The second-order valence-corrected chi connectivity index (χ2v) is 5.79. The van der Waals surface area contributed by atoms with E-state index in [1.807, 2.05) is 0 Å². The zero-order valence-electron chi connectivity index (χ0n) is 15.1.